The molecule has 3 rings (SSSR count). The van der Waals surface area contributed by atoms with Crippen molar-refractivity contribution in [3.63, 3.8) is 0 Å². The number of likely N-dealkylation sites (N-methyl/N-ethyl adjacent to an activating group) is 1. The molecule has 1 N–H and O–H groups in total. The van der Waals surface area contributed by atoms with Crippen LogP contribution in [0.4, 0.5) is 0 Å². The van der Waals surface area contributed by atoms with E-state index in [9.17, 15) is 4.79 Å². The Bertz CT molecular complexity index is 935. The number of nitrogens with one attached hydrogen (secondary N) is 1. The topological polar surface area (TPSA) is 45.5 Å². The van der Waals surface area contributed by atoms with E-state index in [1.807, 2.05) is 39.2 Å². The van der Waals surface area contributed by atoms with Crippen molar-refractivity contribution in [1.82, 2.24) is 10.2 Å². The second kappa shape index (κ2) is 8.91. The van der Waals surface area contributed by atoms with Crippen LogP contribution >= 0.6 is 28.3 Å². The van der Waals surface area contributed by atoms with Crippen molar-refractivity contribution in [2.24, 2.45) is 0 Å². The first kappa shape index (κ1) is 21.5. The lowest BCUT2D eigenvalue weighted by atomic mass is 10.0. The van der Waals surface area contributed by atoms with Gasteiger partial charge in [-0.05, 0) is 51.7 Å². The van der Waals surface area contributed by atoms with Crippen LogP contribution in [0.25, 0.3) is 11.0 Å². The largest absolute Gasteiger partial charge is 0.451 e. The van der Waals surface area contributed by atoms with Gasteiger partial charge in [-0.25, -0.2) is 0 Å². The van der Waals surface area contributed by atoms with Crippen molar-refractivity contribution in [3.8, 4) is 0 Å². The lowest BCUT2D eigenvalue weighted by Crippen LogP contribution is -2.34. The fraction of sp³-hybridized carbons (Fsp3) is 0.286. The molecule has 1 atom stereocenters. The normalized spacial score (nSPS) is 12.1. The summed E-state index contributed by atoms with van der Waals surface area (Å²) in [5.74, 6) is 0.188. The maximum Gasteiger partial charge on any atom is 0.287 e. The zero-order valence-corrected chi connectivity index (χ0v) is 18.3. The number of carbonyl (C=O) groups excluding carboxylic acids is 1. The third-order valence-electron chi connectivity index (χ3n) is 4.65. The van der Waals surface area contributed by atoms with E-state index in [-0.39, 0.29) is 24.4 Å². The van der Waals surface area contributed by atoms with E-state index in [4.69, 9.17) is 4.42 Å². The van der Waals surface area contributed by atoms with Gasteiger partial charge < -0.3 is 14.6 Å². The number of fused-ring (bicyclic) bond motifs is 1. The van der Waals surface area contributed by atoms with E-state index in [1.165, 1.54) is 11.1 Å². The van der Waals surface area contributed by atoms with Gasteiger partial charge in [0.15, 0.2) is 5.76 Å². The van der Waals surface area contributed by atoms with Crippen molar-refractivity contribution in [3.05, 3.63) is 69.4 Å². The van der Waals surface area contributed by atoms with E-state index in [0.29, 0.717) is 12.3 Å². The molecular formula is C21H24BrClN2O2. The summed E-state index contributed by atoms with van der Waals surface area (Å²) in [6.45, 7) is 4.49. The first-order valence-corrected chi connectivity index (χ1v) is 9.36. The van der Waals surface area contributed by atoms with Gasteiger partial charge in [0.25, 0.3) is 5.91 Å². The Hall–Kier alpha value is -1.82. The average molecular weight is 452 g/mol. The smallest absolute Gasteiger partial charge is 0.287 e. The Balaban J connectivity index is 0.00000261. The molecule has 27 heavy (non-hydrogen) atoms. The maximum atomic E-state index is 12.7. The van der Waals surface area contributed by atoms with Gasteiger partial charge >= 0.3 is 0 Å². The highest BCUT2D eigenvalue weighted by Crippen LogP contribution is 2.28. The number of nitrogens with zero attached hydrogens (tertiary/aromatic N) is 1. The standard InChI is InChI=1S/C21H23BrN2O2.ClH/c1-13-5-7-15(8-6-13)18(24(3)4)12-23-21(25)20-14(2)17-11-16(22)9-10-19(17)26-20;/h5-11,18H,12H2,1-4H3,(H,23,25);1H. The Morgan fingerprint density at radius 2 is 1.81 bits per heavy atom. The zero-order valence-electron chi connectivity index (χ0n) is 15.9. The molecule has 0 spiro atoms. The Morgan fingerprint density at radius 3 is 2.44 bits per heavy atom. The molecule has 0 bridgehead atoms. The molecule has 0 aliphatic heterocycles. The van der Waals surface area contributed by atoms with Crippen LogP contribution in [0.15, 0.2) is 51.4 Å². The summed E-state index contributed by atoms with van der Waals surface area (Å²) < 4.78 is 6.75. The molecule has 0 saturated heterocycles. The Kier molecular flexibility index (Phi) is 7.09. The molecule has 1 amide bonds. The number of amides is 1. The van der Waals surface area contributed by atoms with Crippen molar-refractivity contribution in [1.29, 1.82) is 0 Å². The minimum absolute atomic E-state index is 0. The summed E-state index contributed by atoms with van der Waals surface area (Å²) in [6.07, 6.45) is 0. The third kappa shape index (κ3) is 4.72. The van der Waals surface area contributed by atoms with Crippen molar-refractivity contribution < 1.29 is 9.21 Å². The summed E-state index contributed by atoms with van der Waals surface area (Å²) >= 11 is 3.46. The van der Waals surface area contributed by atoms with E-state index < -0.39 is 0 Å². The molecule has 4 nitrogen and oxygen atoms in total. The number of rotatable bonds is 5. The lowest BCUT2D eigenvalue weighted by molar-refractivity contribution is 0.0915. The Labute approximate surface area is 174 Å². The van der Waals surface area contributed by atoms with Gasteiger partial charge in [-0.2, -0.15) is 0 Å². The van der Waals surface area contributed by atoms with Gasteiger partial charge in [-0.15, -0.1) is 12.4 Å². The molecule has 0 aliphatic rings. The number of halogens is 2. The van der Waals surface area contributed by atoms with E-state index >= 15 is 0 Å². The summed E-state index contributed by atoms with van der Waals surface area (Å²) in [5, 5.41) is 3.97. The van der Waals surface area contributed by atoms with E-state index in [2.05, 4.69) is 57.3 Å². The summed E-state index contributed by atoms with van der Waals surface area (Å²) in [5.41, 5.74) is 3.97. The van der Waals surface area contributed by atoms with Crippen LogP contribution in [-0.2, 0) is 0 Å². The molecule has 0 saturated carbocycles. The van der Waals surface area contributed by atoms with Gasteiger partial charge in [0.2, 0.25) is 0 Å². The van der Waals surface area contributed by atoms with Crippen LogP contribution < -0.4 is 5.32 Å². The van der Waals surface area contributed by atoms with Crippen LogP contribution in [0.5, 0.6) is 0 Å². The minimum Gasteiger partial charge on any atom is -0.451 e. The predicted molar refractivity (Wildman–Crippen MR) is 116 cm³/mol. The zero-order chi connectivity index (χ0) is 18.8. The lowest BCUT2D eigenvalue weighted by Gasteiger charge is -2.25. The van der Waals surface area contributed by atoms with Crippen LogP contribution in [0.2, 0.25) is 0 Å². The number of furan rings is 1. The highest BCUT2D eigenvalue weighted by Gasteiger charge is 2.20. The summed E-state index contributed by atoms with van der Waals surface area (Å²) in [6, 6.07) is 14.2. The highest BCUT2D eigenvalue weighted by molar-refractivity contribution is 9.10. The molecule has 0 aliphatic carbocycles. The van der Waals surface area contributed by atoms with Gasteiger partial charge in [0, 0.05) is 22.0 Å². The SMILES string of the molecule is Cc1ccc(C(CNC(=O)c2oc3ccc(Br)cc3c2C)N(C)C)cc1.Cl. The van der Waals surface area contributed by atoms with Gasteiger partial charge in [-0.1, -0.05) is 45.8 Å². The molecule has 0 fully saturated rings. The monoisotopic (exact) mass is 450 g/mol. The van der Waals surface area contributed by atoms with Crippen LogP contribution in [-0.4, -0.2) is 31.4 Å². The van der Waals surface area contributed by atoms with Gasteiger partial charge in [-0.3, -0.25) is 4.79 Å². The maximum absolute atomic E-state index is 12.7. The highest BCUT2D eigenvalue weighted by atomic mass is 79.9. The van der Waals surface area contributed by atoms with Gasteiger partial charge in [0.1, 0.15) is 5.58 Å². The first-order valence-electron chi connectivity index (χ1n) is 8.56. The third-order valence-corrected chi connectivity index (χ3v) is 5.14. The molecule has 2 aromatic carbocycles. The fourth-order valence-corrected chi connectivity index (χ4v) is 3.43. The molecule has 6 heteroatoms. The van der Waals surface area contributed by atoms with Crippen LogP contribution in [0.3, 0.4) is 0 Å². The van der Waals surface area contributed by atoms with Crippen LogP contribution in [0.1, 0.15) is 33.3 Å². The number of benzene rings is 2. The predicted octanol–water partition coefficient (Wildman–Crippen LogP) is 5.27. The Morgan fingerprint density at radius 1 is 1.15 bits per heavy atom. The first-order chi connectivity index (χ1) is 12.4. The fourth-order valence-electron chi connectivity index (χ4n) is 3.07. The average Bonchev–Trinajstić information content (AvgIpc) is 2.93. The molecule has 3 aromatic rings. The number of carbonyl (C=O) groups is 1. The van der Waals surface area contributed by atoms with Crippen molar-refractivity contribution >= 4 is 45.2 Å². The molecule has 1 aromatic heterocycles. The number of hydrogen-bond acceptors (Lipinski definition) is 3. The number of hydrogen-bond donors (Lipinski definition) is 1. The molecule has 1 unspecified atom stereocenters. The second-order valence-electron chi connectivity index (χ2n) is 6.80. The number of aryl methyl sites for hydroxylation is 2. The van der Waals surface area contributed by atoms with Crippen LogP contribution in [0, 0.1) is 13.8 Å². The van der Waals surface area contributed by atoms with Crippen molar-refractivity contribution in [2.75, 3.05) is 20.6 Å². The van der Waals surface area contributed by atoms with E-state index in [0.717, 1.165) is 21.0 Å². The molecule has 1 heterocycles. The summed E-state index contributed by atoms with van der Waals surface area (Å²) in [7, 11) is 4.03. The second-order valence-corrected chi connectivity index (χ2v) is 7.71. The molecule has 0 radical (unpaired) electrons. The van der Waals surface area contributed by atoms with Crippen molar-refractivity contribution in [2.45, 2.75) is 19.9 Å². The minimum atomic E-state index is -0.186. The molecular weight excluding hydrogens is 428 g/mol. The van der Waals surface area contributed by atoms with E-state index in [1.54, 1.807) is 0 Å². The summed E-state index contributed by atoms with van der Waals surface area (Å²) in [4.78, 5) is 14.8. The molecule has 144 valence electrons. The van der Waals surface area contributed by atoms with Gasteiger partial charge in [0.05, 0.1) is 6.04 Å². The quantitative estimate of drug-likeness (QED) is 0.575.